The van der Waals surface area contributed by atoms with Crippen LogP contribution in [0.3, 0.4) is 0 Å². The third-order valence-electron chi connectivity index (χ3n) is 2.04. The van der Waals surface area contributed by atoms with Gasteiger partial charge in [-0.15, -0.1) is 0 Å². The van der Waals surface area contributed by atoms with Gasteiger partial charge in [0.1, 0.15) is 11.5 Å². The van der Waals surface area contributed by atoms with Crippen molar-refractivity contribution in [1.29, 1.82) is 0 Å². The van der Waals surface area contributed by atoms with Crippen LogP contribution in [0.1, 0.15) is 0 Å². The van der Waals surface area contributed by atoms with Crippen molar-refractivity contribution in [1.82, 2.24) is 4.72 Å². The second-order valence-electron chi connectivity index (χ2n) is 3.51. The van der Waals surface area contributed by atoms with Crippen molar-refractivity contribution in [2.45, 2.75) is 10.8 Å². The predicted molar refractivity (Wildman–Crippen MR) is 63.6 cm³/mol. The predicted octanol–water partition coefficient (Wildman–Crippen LogP) is 2.04. The Morgan fingerprint density at radius 3 is 2.42 bits per heavy atom. The van der Waals surface area contributed by atoms with E-state index in [0.29, 0.717) is 0 Å². The van der Waals surface area contributed by atoms with Crippen molar-refractivity contribution in [2.75, 3.05) is 13.2 Å². The topological polar surface area (TPSA) is 66.4 Å². The van der Waals surface area contributed by atoms with Crippen molar-refractivity contribution >= 4 is 33.2 Å². The zero-order valence-corrected chi connectivity index (χ0v) is 11.5. The number of hydrogen-bond acceptors (Lipinski definition) is 3. The van der Waals surface area contributed by atoms with E-state index in [1.54, 1.807) is 0 Å². The van der Waals surface area contributed by atoms with Gasteiger partial charge in [-0.25, -0.2) is 26.3 Å². The largest absolute Gasteiger partial charge is 0.390 e. The van der Waals surface area contributed by atoms with Gasteiger partial charge in [0.2, 0.25) is 10.0 Å². The van der Waals surface area contributed by atoms with Crippen LogP contribution in [0.4, 0.5) is 13.2 Å². The number of hydrogen-bond donors (Lipinski definition) is 2. The Labute approximate surface area is 117 Å². The Hall–Kier alpha value is -0.540. The van der Waals surface area contributed by atoms with Gasteiger partial charge < -0.3 is 5.11 Å². The Morgan fingerprint density at radius 2 is 1.89 bits per heavy atom. The first-order chi connectivity index (χ1) is 8.60. The first kappa shape index (κ1) is 16.5. The van der Waals surface area contributed by atoms with Crippen LogP contribution in [0.15, 0.2) is 17.0 Å². The summed E-state index contributed by atoms with van der Waals surface area (Å²) < 4.78 is 63.6. The Morgan fingerprint density at radius 1 is 1.32 bits per heavy atom. The number of alkyl halides is 2. The molecule has 0 unspecified atom stereocenters. The van der Waals surface area contributed by atoms with Gasteiger partial charge >= 0.3 is 0 Å². The van der Waals surface area contributed by atoms with Crippen LogP contribution < -0.4 is 4.72 Å². The quantitative estimate of drug-likeness (QED) is 0.808. The highest BCUT2D eigenvalue weighted by Crippen LogP contribution is 2.29. The molecule has 19 heavy (non-hydrogen) atoms. The molecule has 0 bridgehead atoms. The maximum absolute atomic E-state index is 13.3. The van der Waals surface area contributed by atoms with Gasteiger partial charge in [-0.1, -0.05) is 23.2 Å². The van der Waals surface area contributed by atoms with Gasteiger partial charge in [-0.05, 0) is 12.1 Å². The summed E-state index contributed by atoms with van der Waals surface area (Å²) in [6.45, 7) is -2.87. The molecular formula is C9H8Cl2F3NO3S. The fourth-order valence-corrected chi connectivity index (χ4v) is 2.85. The third kappa shape index (κ3) is 3.96. The molecule has 1 aromatic carbocycles. The Balaban J connectivity index is 3.06. The van der Waals surface area contributed by atoms with Gasteiger partial charge in [-0.2, -0.15) is 0 Å². The molecular weight excluding hydrogens is 330 g/mol. The molecule has 0 aromatic heterocycles. The summed E-state index contributed by atoms with van der Waals surface area (Å²) in [5.74, 6) is -4.80. The van der Waals surface area contributed by atoms with Gasteiger partial charge in [-0.3, -0.25) is 0 Å². The number of benzene rings is 1. The molecule has 0 aliphatic carbocycles. The van der Waals surface area contributed by atoms with Crippen LogP contribution in [0, 0.1) is 5.82 Å². The molecule has 0 aliphatic heterocycles. The molecule has 0 spiro atoms. The van der Waals surface area contributed by atoms with E-state index < -0.39 is 49.9 Å². The van der Waals surface area contributed by atoms with E-state index in [-0.39, 0.29) is 0 Å². The van der Waals surface area contributed by atoms with E-state index in [1.807, 2.05) is 0 Å². The smallest absolute Gasteiger partial charge is 0.283 e. The summed E-state index contributed by atoms with van der Waals surface area (Å²) >= 11 is 10.8. The van der Waals surface area contributed by atoms with Gasteiger partial charge in [0.15, 0.2) is 5.82 Å². The molecule has 0 aliphatic rings. The van der Waals surface area contributed by atoms with Crippen LogP contribution in [0.5, 0.6) is 0 Å². The summed E-state index contributed by atoms with van der Waals surface area (Å²) in [7, 11) is -4.45. The number of aliphatic hydroxyl groups excluding tert-OH is 1. The van der Waals surface area contributed by atoms with Crippen LogP contribution in [0.25, 0.3) is 0 Å². The van der Waals surface area contributed by atoms with Crippen LogP contribution in [-0.4, -0.2) is 32.6 Å². The molecule has 10 heteroatoms. The van der Waals surface area contributed by atoms with Crippen molar-refractivity contribution in [3.63, 3.8) is 0 Å². The van der Waals surface area contributed by atoms with E-state index in [1.165, 1.54) is 4.72 Å². The fourth-order valence-electron chi connectivity index (χ4n) is 1.05. The SMILES string of the molecule is O=S(=O)(NCC(F)(F)CO)c1ccc(Cl)c(F)c1Cl. The highest BCUT2D eigenvalue weighted by atomic mass is 35.5. The zero-order chi connectivity index (χ0) is 14.8. The Bertz CT molecular complexity index is 580. The number of halogens is 5. The van der Waals surface area contributed by atoms with Gasteiger partial charge in [0, 0.05) is 0 Å². The number of rotatable bonds is 5. The summed E-state index contributed by atoms with van der Waals surface area (Å²) in [5, 5.41) is 7.11. The minimum atomic E-state index is -4.45. The average molecular weight is 338 g/mol. The van der Waals surface area contributed by atoms with Crippen LogP contribution in [0.2, 0.25) is 10.0 Å². The highest BCUT2D eigenvalue weighted by Gasteiger charge is 2.31. The average Bonchev–Trinajstić information content (AvgIpc) is 2.34. The lowest BCUT2D eigenvalue weighted by Crippen LogP contribution is -2.39. The van der Waals surface area contributed by atoms with Crippen molar-refractivity contribution in [3.8, 4) is 0 Å². The minimum Gasteiger partial charge on any atom is -0.390 e. The molecule has 1 rings (SSSR count). The lowest BCUT2D eigenvalue weighted by molar-refractivity contribution is -0.0437. The molecule has 2 N–H and O–H groups in total. The fraction of sp³-hybridized carbons (Fsp3) is 0.333. The molecule has 0 atom stereocenters. The van der Waals surface area contributed by atoms with Crippen LogP contribution >= 0.6 is 23.2 Å². The normalized spacial score (nSPS) is 12.7. The summed E-state index contributed by atoms with van der Waals surface area (Å²) in [5.41, 5.74) is 0. The molecule has 0 saturated carbocycles. The minimum absolute atomic E-state index is 0.398. The third-order valence-corrected chi connectivity index (χ3v) is 4.26. The summed E-state index contributed by atoms with van der Waals surface area (Å²) in [6, 6.07) is 1.81. The molecule has 0 saturated heterocycles. The van der Waals surface area contributed by atoms with Gasteiger partial charge in [0.05, 0.1) is 16.6 Å². The first-order valence-electron chi connectivity index (χ1n) is 4.72. The zero-order valence-electron chi connectivity index (χ0n) is 9.13. The molecule has 0 heterocycles. The Kier molecular flexibility index (Phi) is 5.08. The second kappa shape index (κ2) is 5.84. The van der Waals surface area contributed by atoms with Crippen LogP contribution in [-0.2, 0) is 10.0 Å². The second-order valence-corrected chi connectivity index (χ2v) is 6.03. The molecule has 108 valence electrons. The maximum Gasteiger partial charge on any atom is 0.283 e. The van der Waals surface area contributed by atoms with E-state index >= 15 is 0 Å². The molecule has 0 amide bonds. The van der Waals surface area contributed by atoms with E-state index in [9.17, 15) is 21.6 Å². The van der Waals surface area contributed by atoms with Crippen molar-refractivity contribution < 1.29 is 26.7 Å². The standard InChI is InChI=1S/C9H8Cl2F3NO3S/c10-5-1-2-6(7(11)8(5)12)19(17,18)15-3-9(13,14)4-16/h1-2,15-16H,3-4H2. The van der Waals surface area contributed by atoms with E-state index in [0.717, 1.165) is 12.1 Å². The van der Waals surface area contributed by atoms with E-state index in [2.05, 4.69) is 0 Å². The number of nitrogens with one attached hydrogen (secondary N) is 1. The molecule has 0 fully saturated rings. The lowest BCUT2D eigenvalue weighted by Gasteiger charge is -2.15. The first-order valence-corrected chi connectivity index (χ1v) is 6.96. The van der Waals surface area contributed by atoms with E-state index in [4.69, 9.17) is 28.3 Å². The molecule has 0 radical (unpaired) electrons. The monoisotopic (exact) mass is 337 g/mol. The lowest BCUT2D eigenvalue weighted by atomic mass is 10.3. The molecule has 4 nitrogen and oxygen atoms in total. The number of sulfonamides is 1. The van der Waals surface area contributed by atoms with Crippen molar-refractivity contribution in [3.05, 3.63) is 28.0 Å². The summed E-state index contributed by atoms with van der Waals surface area (Å²) in [6.07, 6.45) is 0. The van der Waals surface area contributed by atoms with Gasteiger partial charge in [0.25, 0.3) is 5.92 Å². The maximum atomic E-state index is 13.3. The molecule has 1 aromatic rings. The van der Waals surface area contributed by atoms with Crippen molar-refractivity contribution in [2.24, 2.45) is 0 Å². The summed E-state index contributed by atoms with van der Waals surface area (Å²) in [4.78, 5) is -0.718. The highest BCUT2D eigenvalue weighted by molar-refractivity contribution is 7.89. The number of aliphatic hydroxyl groups is 1.